The second-order valence-electron chi connectivity index (χ2n) is 7.57. The third-order valence-corrected chi connectivity index (χ3v) is 6.58. The Morgan fingerprint density at radius 3 is 2.70 bits per heavy atom. The fraction of sp³-hybridized carbons (Fsp3) is 0.429. The Hall–Kier alpha value is -1.92. The number of hydrogen-bond acceptors (Lipinski definition) is 4. The van der Waals surface area contributed by atoms with E-state index < -0.39 is 0 Å². The van der Waals surface area contributed by atoms with Crippen molar-refractivity contribution in [1.82, 2.24) is 15.0 Å². The van der Waals surface area contributed by atoms with E-state index in [2.05, 4.69) is 21.9 Å². The standard InChI is InChI=1S/C21H25FN4S/c1-12-3-5-13(6-4-12)19(23)21-25-16-8-7-14(18(22)20(16)26-21)15-11-24-10-9-17(15)27-2/h7-13,19H,3-6,23H2,1-2H3,(H,25,26). The van der Waals surface area contributed by atoms with Gasteiger partial charge in [0.2, 0.25) is 0 Å². The minimum atomic E-state index is -0.317. The fourth-order valence-electron chi connectivity index (χ4n) is 4.06. The molecule has 1 aliphatic rings. The maximum atomic E-state index is 15.3. The SMILES string of the molecule is CSc1ccncc1-c1ccc2[nH]c(C(N)C3CCC(C)CC3)nc2c1F. The predicted molar refractivity (Wildman–Crippen MR) is 109 cm³/mol. The summed E-state index contributed by atoms with van der Waals surface area (Å²) in [6, 6.07) is 5.41. The van der Waals surface area contributed by atoms with E-state index in [0.29, 0.717) is 28.3 Å². The van der Waals surface area contributed by atoms with E-state index in [4.69, 9.17) is 5.73 Å². The lowest BCUT2D eigenvalue weighted by atomic mass is 9.79. The van der Waals surface area contributed by atoms with Gasteiger partial charge >= 0.3 is 0 Å². The quantitative estimate of drug-likeness (QED) is 0.598. The van der Waals surface area contributed by atoms with Crippen LogP contribution in [0.15, 0.2) is 35.5 Å². The number of thioether (sulfide) groups is 1. The Balaban J connectivity index is 1.70. The van der Waals surface area contributed by atoms with Crippen LogP contribution in [-0.4, -0.2) is 21.2 Å². The van der Waals surface area contributed by atoms with E-state index in [9.17, 15) is 0 Å². The van der Waals surface area contributed by atoms with Crippen LogP contribution < -0.4 is 5.73 Å². The molecule has 3 aromatic rings. The minimum Gasteiger partial charge on any atom is -0.341 e. The number of imidazole rings is 1. The molecule has 142 valence electrons. The van der Waals surface area contributed by atoms with Crippen LogP contribution in [0, 0.1) is 17.7 Å². The summed E-state index contributed by atoms with van der Waals surface area (Å²) in [6.45, 7) is 2.29. The molecule has 0 amide bonds. The maximum Gasteiger partial charge on any atom is 0.158 e. The molecule has 6 heteroatoms. The average molecular weight is 385 g/mol. The van der Waals surface area contributed by atoms with Crippen molar-refractivity contribution in [3.05, 3.63) is 42.2 Å². The summed E-state index contributed by atoms with van der Waals surface area (Å²) in [5.74, 6) is 1.56. The van der Waals surface area contributed by atoms with Crippen molar-refractivity contribution in [3.8, 4) is 11.1 Å². The number of nitrogens with zero attached hydrogens (tertiary/aromatic N) is 2. The summed E-state index contributed by atoms with van der Waals surface area (Å²) in [6.07, 6.45) is 10.0. The second-order valence-corrected chi connectivity index (χ2v) is 8.42. The molecular formula is C21H25FN4S. The number of fused-ring (bicyclic) bond motifs is 1. The van der Waals surface area contributed by atoms with Crippen molar-refractivity contribution in [2.45, 2.75) is 43.5 Å². The highest BCUT2D eigenvalue weighted by Gasteiger charge is 2.27. The zero-order valence-electron chi connectivity index (χ0n) is 15.7. The summed E-state index contributed by atoms with van der Waals surface area (Å²) in [4.78, 5) is 13.0. The van der Waals surface area contributed by atoms with Crippen LogP contribution in [0.1, 0.15) is 44.5 Å². The van der Waals surface area contributed by atoms with Gasteiger partial charge in [-0.05, 0) is 49.1 Å². The monoisotopic (exact) mass is 384 g/mol. The van der Waals surface area contributed by atoms with Crippen molar-refractivity contribution in [1.29, 1.82) is 0 Å². The number of benzene rings is 1. The van der Waals surface area contributed by atoms with Gasteiger partial charge in [-0.3, -0.25) is 4.98 Å². The fourth-order valence-corrected chi connectivity index (χ4v) is 4.64. The Bertz CT molecular complexity index is 947. The van der Waals surface area contributed by atoms with Crippen molar-refractivity contribution in [3.63, 3.8) is 0 Å². The topological polar surface area (TPSA) is 67.6 Å². The summed E-state index contributed by atoms with van der Waals surface area (Å²) >= 11 is 1.58. The van der Waals surface area contributed by atoms with Gasteiger partial charge in [-0.25, -0.2) is 9.37 Å². The third-order valence-electron chi connectivity index (χ3n) is 5.79. The zero-order chi connectivity index (χ0) is 19.0. The molecule has 0 saturated heterocycles. The number of aromatic amines is 1. The first-order valence-corrected chi connectivity index (χ1v) is 10.7. The normalized spacial score (nSPS) is 21.5. The molecule has 1 atom stereocenters. The molecule has 4 nitrogen and oxygen atoms in total. The predicted octanol–water partition coefficient (Wildman–Crippen LogP) is 5.31. The van der Waals surface area contributed by atoms with Gasteiger partial charge < -0.3 is 10.7 Å². The average Bonchev–Trinajstić information content (AvgIpc) is 3.14. The zero-order valence-corrected chi connectivity index (χ0v) is 16.5. The van der Waals surface area contributed by atoms with Gasteiger partial charge in [-0.1, -0.05) is 19.8 Å². The van der Waals surface area contributed by atoms with Crippen molar-refractivity contribution < 1.29 is 4.39 Å². The molecule has 1 fully saturated rings. The van der Waals surface area contributed by atoms with Gasteiger partial charge in [0.1, 0.15) is 11.3 Å². The molecule has 0 bridgehead atoms. The Morgan fingerprint density at radius 2 is 1.96 bits per heavy atom. The molecule has 2 aromatic heterocycles. The molecule has 0 aliphatic heterocycles. The summed E-state index contributed by atoms with van der Waals surface area (Å²) in [5, 5.41) is 0. The van der Waals surface area contributed by atoms with Crippen LogP contribution in [0.25, 0.3) is 22.2 Å². The number of hydrogen-bond donors (Lipinski definition) is 2. The molecule has 0 radical (unpaired) electrons. The summed E-state index contributed by atoms with van der Waals surface area (Å²) < 4.78 is 15.3. The summed E-state index contributed by atoms with van der Waals surface area (Å²) in [5.41, 5.74) is 8.87. The van der Waals surface area contributed by atoms with Crippen LogP contribution in [0.4, 0.5) is 4.39 Å². The first-order valence-electron chi connectivity index (χ1n) is 9.50. The number of pyridine rings is 1. The molecular weight excluding hydrogens is 359 g/mol. The van der Waals surface area contributed by atoms with Crippen molar-refractivity contribution in [2.24, 2.45) is 17.6 Å². The van der Waals surface area contributed by atoms with Crippen molar-refractivity contribution >= 4 is 22.8 Å². The lowest BCUT2D eigenvalue weighted by molar-refractivity contribution is 0.252. The van der Waals surface area contributed by atoms with Gasteiger partial charge in [0, 0.05) is 28.4 Å². The highest BCUT2D eigenvalue weighted by Crippen LogP contribution is 2.37. The molecule has 1 unspecified atom stereocenters. The molecule has 27 heavy (non-hydrogen) atoms. The van der Waals surface area contributed by atoms with Crippen LogP contribution in [-0.2, 0) is 0 Å². The van der Waals surface area contributed by atoms with Gasteiger partial charge in [0.05, 0.1) is 11.6 Å². The van der Waals surface area contributed by atoms with Crippen LogP contribution in [0.3, 0.4) is 0 Å². The number of nitrogens with one attached hydrogen (secondary N) is 1. The van der Waals surface area contributed by atoms with E-state index in [1.807, 2.05) is 18.4 Å². The molecule has 0 spiro atoms. The third kappa shape index (κ3) is 3.48. The lowest BCUT2D eigenvalue weighted by Crippen LogP contribution is -2.26. The first kappa shape index (κ1) is 18.4. The van der Waals surface area contributed by atoms with E-state index in [-0.39, 0.29) is 11.9 Å². The van der Waals surface area contributed by atoms with Gasteiger partial charge in [-0.2, -0.15) is 0 Å². The lowest BCUT2D eigenvalue weighted by Gasteiger charge is -2.29. The molecule has 1 aromatic carbocycles. The van der Waals surface area contributed by atoms with Gasteiger partial charge in [0.25, 0.3) is 0 Å². The number of halogens is 1. The highest BCUT2D eigenvalue weighted by atomic mass is 32.2. The Morgan fingerprint density at radius 1 is 1.19 bits per heavy atom. The van der Waals surface area contributed by atoms with Crippen LogP contribution >= 0.6 is 11.8 Å². The van der Waals surface area contributed by atoms with Gasteiger partial charge in [-0.15, -0.1) is 11.8 Å². The first-order chi connectivity index (χ1) is 13.1. The van der Waals surface area contributed by atoms with E-state index in [1.54, 1.807) is 30.2 Å². The Labute approximate surface area is 163 Å². The van der Waals surface area contributed by atoms with Crippen LogP contribution in [0.2, 0.25) is 0 Å². The minimum absolute atomic E-state index is 0.173. The van der Waals surface area contributed by atoms with E-state index >= 15 is 4.39 Å². The second kappa shape index (κ2) is 7.60. The highest BCUT2D eigenvalue weighted by molar-refractivity contribution is 7.98. The van der Waals surface area contributed by atoms with E-state index in [1.165, 1.54) is 12.8 Å². The number of aromatic nitrogens is 3. The largest absolute Gasteiger partial charge is 0.341 e. The molecule has 2 heterocycles. The molecule has 4 rings (SSSR count). The number of nitrogens with two attached hydrogens (primary N) is 1. The summed E-state index contributed by atoms with van der Waals surface area (Å²) in [7, 11) is 0. The van der Waals surface area contributed by atoms with E-state index in [0.717, 1.165) is 29.2 Å². The van der Waals surface area contributed by atoms with Crippen LogP contribution in [0.5, 0.6) is 0 Å². The molecule has 3 N–H and O–H groups in total. The molecule has 1 saturated carbocycles. The Kier molecular flexibility index (Phi) is 5.19. The number of H-pyrrole nitrogens is 1. The van der Waals surface area contributed by atoms with Crippen molar-refractivity contribution in [2.75, 3.05) is 6.26 Å². The maximum absolute atomic E-state index is 15.3. The van der Waals surface area contributed by atoms with Gasteiger partial charge in [0.15, 0.2) is 5.82 Å². The number of rotatable bonds is 4. The molecule has 1 aliphatic carbocycles. The smallest absolute Gasteiger partial charge is 0.158 e.